The third-order valence-electron chi connectivity index (χ3n) is 2.64. The summed E-state index contributed by atoms with van der Waals surface area (Å²) in [6, 6.07) is 0. The van der Waals surface area contributed by atoms with Crippen LogP contribution in [0.25, 0.3) is 0 Å². The monoisotopic (exact) mass is 260 g/mol. The zero-order valence-electron chi connectivity index (χ0n) is 10.9. The fourth-order valence-electron chi connectivity index (χ4n) is 2.57. The summed E-state index contributed by atoms with van der Waals surface area (Å²) in [7, 11) is -2.63. The molecule has 0 aliphatic carbocycles. The Morgan fingerprint density at radius 2 is 0.857 bits per heavy atom. The van der Waals surface area contributed by atoms with Crippen molar-refractivity contribution in [3.05, 3.63) is 0 Å². The van der Waals surface area contributed by atoms with E-state index in [1.54, 1.807) is 0 Å². The Morgan fingerprint density at radius 1 is 0.643 bits per heavy atom. The quantitative estimate of drug-likeness (QED) is 0.704. The van der Waals surface area contributed by atoms with E-state index in [-0.39, 0.29) is 18.2 Å². The van der Waals surface area contributed by atoms with Crippen molar-refractivity contribution in [2.75, 3.05) is 0 Å². The van der Waals surface area contributed by atoms with Crippen LogP contribution in [-0.4, -0.2) is 42.5 Å². The minimum atomic E-state index is -1.02. The van der Waals surface area contributed by atoms with Gasteiger partial charge in [-0.1, -0.05) is 39.3 Å². The summed E-state index contributed by atoms with van der Waals surface area (Å²) in [5, 5.41) is 0. The van der Waals surface area contributed by atoms with Gasteiger partial charge in [-0.3, -0.25) is 0 Å². The molecule has 2 radical (unpaired) electrons. The van der Waals surface area contributed by atoms with Gasteiger partial charge in [0.25, 0.3) is 0 Å². The molecule has 0 spiro atoms. The van der Waals surface area contributed by atoms with Gasteiger partial charge in [0.05, 0.1) is 0 Å². The Morgan fingerprint density at radius 3 is 1.00 bits per heavy atom. The van der Waals surface area contributed by atoms with Gasteiger partial charge in [0.15, 0.2) is 18.2 Å². The van der Waals surface area contributed by atoms with Gasteiger partial charge in [-0.25, -0.2) is 0 Å². The second-order valence-corrected chi connectivity index (χ2v) is 22.3. The molecule has 0 N–H and O–H groups in total. The zero-order chi connectivity index (χ0) is 11.3. The molecule has 1 aliphatic heterocycles. The van der Waals surface area contributed by atoms with E-state index in [0.717, 1.165) is 0 Å². The zero-order valence-corrected chi connectivity index (χ0v) is 14.9. The summed E-state index contributed by atoms with van der Waals surface area (Å²) in [5.41, 5.74) is 0. The van der Waals surface area contributed by atoms with Gasteiger partial charge in [0.1, 0.15) is 16.5 Å². The first-order chi connectivity index (χ1) is 6.07. The molecule has 1 fully saturated rings. The van der Waals surface area contributed by atoms with Crippen LogP contribution in [0.3, 0.4) is 0 Å². The lowest BCUT2D eigenvalue weighted by molar-refractivity contribution is 0.687. The third-order valence-corrected chi connectivity index (χ3v) is 23.7. The van der Waals surface area contributed by atoms with Crippen LogP contribution < -0.4 is 0 Å². The van der Waals surface area contributed by atoms with E-state index in [1.165, 1.54) is 0 Å². The fraction of sp³-hybridized carbons (Fsp3) is 1.00. The molecule has 0 aromatic rings. The molecule has 6 heteroatoms. The van der Waals surface area contributed by atoms with Crippen LogP contribution in [0.2, 0.25) is 52.4 Å². The Bertz CT molecular complexity index is 188. The minimum Gasteiger partial charge on any atom is -0.346 e. The van der Waals surface area contributed by atoms with Crippen molar-refractivity contribution in [2.45, 2.75) is 52.4 Å². The summed E-state index contributed by atoms with van der Waals surface area (Å²) in [4.78, 5) is 0. The number of rotatable bonds is 2. The van der Waals surface area contributed by atoms with E-state index in [4.69, 9.17) is 0 Å². The van der Waals surface area contributed by atoms with Crippen molar-refractivity contribution >= 4 is 34.7 Å². The van der Waals surface area contributed by atoms with E-state index in [0.29, 0.717) is 0 Å². The smallest absolute Gasteiger partial charge is 0.199 e. The topological polar surface area (TPSA) is 6.48 Å². The molecule has 0 atom stereocenters. The van der Waals surface area contributed by atoms with Crippen molar-refractivity contribution < 1.29 is 0 Å². The molecule has 1 rings (SSSR count). The van der Waals surface area contributed by atoms with Crippen LogP contribution in [0.4, 0.5) is 0 Å². The van der Waals surface area contributed by atoms with Crippen LogP contribution in [0, 0.1) is 0 Å². The van der Waals surface area contributed by atoms with Crippen molar-refractivity contribution in [1.29, 1.82) is 0 Å². The standard InChI is InChI=1S/C8H24N2Si4/c1-11-9(13(3,4)5)12(2)10(11)14(6,7)8/h1-8H3. The highest BCUT2D eigenvalue weighted by atomic mass is 28.5. The first-order valence-corrected chi connectivity index (χ1v) is 16.0. The molecular weight excluding hydrogens is 236 g/mol. The third kappa shape index (κ3) is 2.14. The summed E-state index contributed by atoms with van der Waals surface area (Å²) in [6.07, 6.45) is 0. The van der Waals surface area contributed by atoms with E-state index in [9.17, 15) is 0 Å². The maximum absolute atomic E-state index is 2.95. The van der Waals surface area contributed by atoms with Gasteiger partial charge in [-0.05, 0) is 13.1 Å². The average Bonchev–Trinajstić information content (AvgIpc) is 1.78. The molecule has 0 aromatic carbocycles. The normalized spacial score (nSPS) is 24.0. The van der Waals surface area contributed by atoms with E-state index < -0.39 is 16.5 Å². The Balaban J connectivity index is 2.76. The summed E-state index contributed by atoms with van der Waals surface area (Å²) >= 11 is 0. The Kier molecular flexibility index (Phi) is 3.37. The maximum Gasteiger partial charge on any atom is 0.199 e. The van der Waals surface area contributed by atoms with Gasteiger partial charge in [0, 0.05) is 0 Å². The lowest BCUT2D eigenvalue weighted by atomic mass is 11.8. The number of hydrogen-bond acceptors (Lipinski definition) is 2. The van der Waals surface area contributed by atoms with E-state index in [2.05, 4.69) is 60.2 Å². The SMILES string of the molecule is C[Si]1N([Si](C)(C)C)[Si](C)N1[Si](C)(C)C. The molecule has 0 unspecified atom stereocenters. The predicted molar refractivity (Wildman–Crippen MR) is 73.6 cm³/mol. The van der Waals surface area contributed by atoms with Crippen LogP contribution in [0.15, 0.2) is 0 Å². The predicted octanol–water partition coefficient (Wildman–Crippen LogP) is 2.51. The molecule has 14 heavy (non-hydrogen) atoms. The van der Waals surface area contributed by atoms with Gasteiger partial charge >= 0.3 is 0 Å². The molecule has 0 bridgehead atoms. The van der Waals surface area contributed by atoms with Crippen LogP contribution in [0.5, 0.6) is 0 Å². The van der Waals surface area contributed by atoms with Gasteiger partial charge in [-0.2, -0.15) is 0 Å². The van der Waals surface area contributed by atoms with Crippen LogP contribution in [-0.2, 0) is 0 Å². The van der Waals surface area contributed by atoms with Crippen molar-refractivity contribution in [3.8, 4) is 0 Å². The van der Waals surface area contributed by atoms with Crippen LogP contribution >= 0.6 is 0 Å². The molecular formula is C8H24N2Si4. The highest BCUT2D eigenvalue weighted by Gasteiger charge is 2.53. The highest BCUT2D eigenvalue weighted by molar-refractivity contribution is 7.08. The summed E-state index contributed by atoms with van der Waals surface area (Å²) in [5.74, 6) is 0. The van der Waals surface area contributed by atoms with Crippen molar-refractivity contribution in [3.63, 3.8) is 0 Å². The maximum atomic E-state index is 2.95. The molecule has 0 saturated carbocycles. The number of hydrogen-bond donors (Lipinski definition) is 0. The second kappa shape index (κ2) is 3.67. The molecule has 0 amide bonds. The lowest BCUT2D eigenvalue weighted by Crippen LogP contribution is -2.85. The first-order valence-electron chi connectivity index (χ1n) is 5.34. The lowest BCUT2D eigenvalue weighted by Gasteiger charge is -2.62. The van der Waals surface area contributed by atoms with Crippen molar-refractivity contribution in [2.24, 2.45) is 0 Å². The van der Waals surface area contributed by atoms with Gasteiger partial charge in [-0.15, -0.1) is 0 Å². The molecule has 2 nitrogen and oxygen atoms in total. The molecule has 1 heterocycles. The Labute approximate surface area is 95.0 Å². The van der Waals surface area contributed by atoms with Gasteiger partial charge in [0.2, 0.25) is 0 Å². The Hall–Kier alpha value is 0.788. The fourth-order valence-corrected chi connectivity index (χ4v) is 25.8. The largest absolute Gasteiger partial charge is 0.346 e. The van der Waals surface area contributed by atoms with Crippen molar-refractivity contribution in [1.82, 2.24) is 7.79 Å². The molecule has 1 saturated heterocycles. The van der Waals surface area contributed by atoms with E-state index in [1.807, 2.05) is 0 Å². The molecule has 0 aromatic heterocycles. The average molecular weight is 261 g/mol. The number of nitrogens with zero attached hydrogens (tertiary/aromatic N) is 2. The second-order valence-electron chi connectivity index (χ2n) is 6.11. The first kappa shape index (κ1) is 12.9. The van der Waals surface area contributed by atoms with E-state index >= 15 is 0 Å². The minimum absolute atomic E-state index is 0.298. The van der Waals surface area contributed by atoms with Crippen LogP contribution in [0.1, 0.15) is 0 Å². The molecule has 82 valence electrons. The molecule has 1 aliphatic rings. The summed E-state index contributed by atoms with van der Waals surface area (Å²) in [6.45, 7) is 20.0. The van der Waals surface area contributed by atoms with Gasteiger partial charge < -0.3 is 7.79 Å². The highest BCUT2D eigenvalue weighted by Crippen LogP contribution is 2.31. The summed E-state index contributed by atoms with van der Waals surface area (Å²) < 4.78 is 5.89.